The Labute approximate surface area is 174 Å². The molecule has 29 heavy (non-hydrogen) atoms. The topological polar surface area (TPSA) is 94.4 Å². The van der Waals surface area contributed by atoms with Crippen molar-refractivity contribution in [3.63, 3.8) is 0 Å². The third kappa shape index (κ3) is 3.93. The molecular weight excluding hydrogens is 388 g/mol. The van der Waals surface area contributed by atoms with Gasteiger partial charge in [-0.2, -0.15) is 5.26 Å². The van der Waals surface area contributed by atoms with Gasteiger partial charge in [-0.25, -0.2) is 4.79 Å². The van der Waals surface area contributed by atoms with Crippen LogP contribution in [-0.4, -0.2) is 19.7 Å². The Morgan fingerprint density at radius 3 is 2.59 bits per heavy atom. The highest BCUT2D eigenvalue weighted by Crippen LogP contribution is 2.43. The maximum absolute atomic E-state index is 13.0. The molecule has 6 nitrogen and oxygen atoms in total. The summed E-state index contributed by atoms with van der Waals surface area (Å²) in [6, 6.07) is 15.9. The number of methoxy groups -OCH3 is 1. The summed E-state index contributed by atoms with van der Waals surface area (Å²) in [5.74, 6) is -1.53. The second-order valence-corrected chi connectivity index (χ2v) is 6.66. The Balaban J connectivity index is 2.28. The van der Waals surface area contributed by atoms with Gasteiger partial charge < -0.3 is 19.9 Å². The third-order valence-corrected chi connectivity index (χ3v) is 4.90. The number of hydrogen-bond donors (Lipinski definition) is 2. The highest BCUT2D eigenvalue weighted by molar-refractivity contribution is 7.84. The van der Waals surface area contributed by atoms with Crippen LogP contribution < -0.4 is 15.2 Å². The van der Waals surface area contributed by atoms with Gasteiger partial charge >= 0.3 is 5.97 Å². The van der Waals surface area contributed by atoms with Gasteiger partial charge in [0.25, 0.3) is 0 Å². The second-order valence-electron chi connectivity index (χ2n) is 6.22. The van der Waals surface area contributed by atoms with E-state index in [0.29, 0.717) is 16.3 Å². The van der Waals surface area contributed by atoms with Gasteiger partial charge in [0.1, 0.15) is 5.75 Å². The van der Waals surface area contributed by atoms with Crippen LogP contribution in [0.5, 0.6) is 11.5 Å². The summed E-state index contributed by atoms with van der Waals surface area (Å²) in [5.41, 5.74) is 2.18. The minimum Gasteiger partial charge on any atom is -0.870 e. The minimum atomic E-state index is -0.804. The SMILES string of the molecule is CCOC(=O)C1=C(c2ccccc2)NC(S)=C(C#N)C1c1ccc(OC)c([O-])c1. The van der Waals surface area contributed by atoms with Crippen LogP contribution in [0.3, 0.4) is 0 Å². The molecule has 0 saturated carbocycles. The molecule has 1 unspecified atom stereocenters. The standard InChI is InChI=1S/C22H20N2O4S/c1-3-28-22(26)19-18(14-9-10-17(27-2)16(25)11-14)15(12-23)21(29)24-20(19)13-7-5-4-6-8-13/h4-11,18,24-25,29H,3H2,1-2H3/p-1. The molecule has 0 saturated heterocycles. The summed E-state index contributed by atoms with van der Waals surface area (Å²) in [6.07, 6.45) is 0. The number of nitrogens with one attached hydrogen (secondary N) is 1. The lowest BCUT2D eigenvalue weighted by Gasteiger charge is -2.30. The molecule has 0 aliphatic carbocycles. The molecule has 0 radical (unpaired) electrons. The number of rotatable bonds is 5. The van der Waals surface area contributed by atoms with Gasteiger partial charge in [0.15, 0.2) is 0 Å². The number of nitrogens with zero attached hydrogens (tertiary/aromatic N) is 1. The molecule has 0 spiro atoms. The number of nitriles is 1. The van der Waals surface area contributed by atoms with Crippen LogP contribution in [-0.2, 0) is 9.53 Å². The van der Waals surface area contributed by atoms with E-state index in [1.807, 2.05) is 30.3 Å². The van der Waals surface area contributed by atoms with E-state index in [-0.39, 0.29) is 29.3 Å². The predicted octanol–water partition coefficient (Wildman–Crippen LogP) is 3.09. The van der Waals surface area contributed by atoms with Gasteiger partial charge in [0.2, 0.25) is 0 Å². The summed E-state index contributed by atoms with van der Waals surface area (Å²) < 4.78 is 10.3. The van der Waals surface area contributed by atoms with Crippen molar-refractivity contribution < 1.29 is 19.4 Å². The first kappa shape index (κ1) is 20.4. The van der Waals surface area contributed by atoms with Crippen LogP contribution in [0.15, 0.2) is 64.7 Å². The molecule has 1 N–H and O–H groups in total. The predicted molar refractivity (Wildman–Crippen MR) is 110 cm³/mol. The van der Waals surface area contributed by atoms with Crippen LogP contribution in [0.1, 0.15) is 24.0 Å². The number of carbonyl (C=O) groups excluding carboxylic acids is 1. The number of carbonyl (C=O) groups is 1. The van der Waals surface area contributed by atoms with E-state index in [2.05, 4.69) is 24.0 Å². The number of ether oxygens (including phenoxy) is 2. The number of allylic oxidation sites excluding steroid dienone is 1. The summed E-state index contributed by atoms with van der Waals surface area (Å²) in [4.78, 5) is 13.0. The molecule has 148 valence electrons. The number of thiol groups is 1. The van der Waals surface area contributed by atoms with Gasteiger partial charge in [-0.3, -0.25) is 0 Å². The Morgan fingerprint density at radius 2 is 2.00 bits per heavy atom. The smallest absolute Gasteiger partial charge is 0.337 e. The summed E-state index contributed by atoms with van der Waals surface area (Å²) in [6.45, 7) is 1.88. The Kier molecular flexibility index (Phi) is 6.15. The quantitative estimate of drug-likeness (QED) is 0.584. The van der Waals surface area contributed by atoms with Crippen LogP contribution in [0.4, 0.5) is 0 Å². The molecule has 0 amide bonds. The third-order valence-electron chi connectivity index (χ3n) is 4.54. The van der Waals surface area contributed by atoms with Crippen LogP contribution in [0, 0.1) is 11.3 Å². The van der Waals surface area contributed by atoms with Crippen molar-refractivity contribution in [1.82, 2.24) is 5.32 Å². The first-order valence-electron chi connectivity index (χ1n) is 8.93. The largest absolute Gasteiger partial charge is 0.870 e. The Morgan fingerprint density at radius 1 is 1.28 bits per heavy atom. The fourth-order valence-corrected chi connectivity index (χ4v) is 3.55. The maximum atomic E-state index is 13.0. The number of dihydropyridines is 1. The number of esters is 1. The molecule has 1 atom stereocenters. The Hall–Kier alpha value is -3.37. The lowest BCUT2D eigenvalue weighted by atomic mass is 9.81. The molecule has 0 fully saturated rings. The van der Waals surface area contributed by atoms with Gasteiger partial charge in [-0.05, 0) is 24.1 Å². The first-order chi connectivity index (χ1) is 14.0. The highest BCUT2D eigenvalue weighted by Gasteiger charge is 2.36. The molecule has 1 heterocycles. The van der Waals surface area contributed by atoms with E-state index >= 15 is 0 Å². The minimum absolute atomic E-state index is 0.172. The average Bonchev–Trinajstić information content (AvgIpc) is 2.73. The molecule has 1 aliphatic heterocycles. The first-order valence-corrected chi connectivity index (χ1v) is 9.38. The number of benzene rings is 2. The van der Waals surface area contributed by atoms with Crippen LogP contribution >= 0.6 is 12.6 Å². The van der Waals surface area contributed by atoms with E-state index in [1.165, 1.54) is 19.2 Å². The zero-order valence-electron chi connectivity index (χ0n) is 15.9. The van der Waals surface area contributed by atoms with Crippen molar-refractivity contribution in [3.05, 3.63) is 75.8 Å². The zero-order valence-corrected chi connectivity index (χ0v) is 16.8. The molecule has 0 bridgehead atoms. The van der Waals surface area contributed by atoms with Crippen molar-refractivity contribution in [2.45, 2.75) is 12.8 Å². The summed E-state index contributed by atoms with van der Waals surface area (Å²) in [5, 5.41) is 25.5. The Bertz CT molecular complexity index is 1040. The van der Waals surface area contributed by atoms with Gasteiger partial charge in [-0.15, -0.1) is 12.6 Å². The maximum Gasteiger partial charge on any atom is 0.337 e. The molecular formula is C22H19N2O4S-. The molecule has 2 aromatic carbocycles. The van der Waals surface area contributed by atoms with E-state index in [9.17, 15) is 15.2 Å². The van der Waals surface area contributed by atoms with Gasteiger partial charge in [0, 0.05) is 0 Å². The van der Waals surface area contributed by atoms with Crippen molar-refractivity contribution in [2.24, 2.45) is 0 Å². The van der Waals surface area contributed by atoms with Gasteiger partial charge in [-0.1, -0.05) is 48.2 Å². The average molecular weight is 407 g/mol. The van der Waals surface area contributed by atoms with Crippen molar-refractivity contribution in [2.75, 3.05) is 13.7 Å². The fraction of sp³-hybridized carbons (Fsp3) is 0.182. The van der Waals surface area contributed by atoms with Crippen molar-refractivity contribution in [3.8, 4) is 17.6 Å². The fourth-order valence-electron chi connectivity index (χ4n) is 3.26. The van der Waals surface area contributed by atoms with Crippen LogP contribution in [0.2, 0.25) is 0 Å². The second kappa shape index (κ2) is 8.76. The monoisotopic (exact) mass is 407 g/mol. The molecule has 0 aromatic heterocycles. The number of hydrogen-bond acceptors (Lipinski definition) is 7. The van der Waals surface area contributed by atoms with E-state index in [0.717, 1.165) is 5.56 Å². The van der Waals surface area contributed by atoms with Crippen LogP contribution in [0.25, 0.3) is 5.70 Å². The highest BCUT2D eigenvalue weighted by atomic mass is 32.1. The van der Waals surface area contributed by atoms with E-state index in [1.54, 1.807) is 13.0 Å². The van der Waals surface area contributed by atoms with E-state index in [4.69, 9.17) is 9.47 Å². The van der Waals surface area contributed by atoms with Gasteiger partial charge in [0.05, 0.1) is 47.6 Å². The lowest BCUT2D eigenvalue weighted by Crippen LogP contribution is -2.28. The molecule has 7 heteroatoms. The van der Waals surface area contributed by atoms with Crippen molar-refractivity contribution in [1.29, 1.82) is 5.26 Å². The van der Waals surface area contributed by atoms with E-state index < -0.39 is 11.9 Å². The zero-order chi connectivity index (χ0) is 21.0. The normalized spacial score (nSPS) is 16.1. The summed E-state index contributed by atoms with van der Waals surface area (Å²) in [7, 11) is 1.41. The molecule has 2 aromatic rings. The molecule has 1 aliphatic rings. The summed E-state index contributed by atoms with van der Waals surface area (Å²) >= 11 is 4.44. The molecule has 3 rings (SSSR count). The van der Waals surface area contributed by atoms with Crippen molar-refractivity contribution >= 4 is 24.3 Å². The lowest BCUT2D eigenvalue weighted by molar-refractivity contribution is -0.270.